The molecule has 0 radical (unpaired) electrons. The smallest absolute Gasteiger partial charge is 0.336 e. The van der Waals surface area contributed by atoms with Gasteiger partial charge in [-0.3, -0.25) is 14.4 Å². The molecule has 4 N–H and O–H groups in total. The molecule has 0 bridgehead atoms. The lowest BCUT2D eigenvalue weighted by Gasteiger charge is -2.25. The highest BCUT2D eigenvalue weighted by atomic mass is 16.6. The van der Waals surface area contributed by atoms with Crippen molar-refractivity contribution in [2.24, 2.45) is 5.73 Å². The number of nitrogens with zero attached hydrogens (tertiary/aromatic N) is 1. The zero-order valence-electron chi connectivity index (χ0n) is 22.0. The van der Waals surface area contributed by atoms with Crippen molar-refractivity contribution in [1.29, 1.82) is 5.26 Å². The van der Waals surface area contributed by atoms with Gasteiger partial charge >= 0.3 is 17.9 Å². The molecule has 2 aromatic rings. The highest BCUT2D eigenvalue weighted by Crippen LogP contribution is 2.26. The molecule has 0 fully saturated rings. The van der Waals surface area contributed by atoms with E-state index >= 15 is 0 Å². The first-order valence-electron chi connectivity index (χ1n) is 12.5. The van der Waals surface area contributed by atoms with E-state index in [9.17, 15) is 19.2 Å². The minimum Gasteiger partial charge on any atom is -0.481 e. The maximum atomic E-state index is 13.0. The van der Waals surface area contributed by atoms with Crippen molar-refractivity contribution < 1.29 is 29.0 Å². The molecule has 202 valence electrons. The first-order chi connectivity index (χ1) is 17.9. The van der Waals surface area contributed by atoms with Crippen molar-refractivity contribution in [2.45, 2.75) is 76.8 Å². The van der Waals surface area contributed by atoms with Crippen molar-refractivity contribution in [1.82, 2.24) is 5.32 Å². The third-order valence-corrected chi connectivity index (χ3v) is 5.98. The molecular formula is C29H35N3O6. The Morgan fingerprint density at radius 2 is 1.71 bits per heavy atom. The molecule has 0 aromatic heterocycles. The highest BCUT2D eigenvalue weighted by molar-refractivity contribution is 5.93. The third-order valence-electron chi connectivity index (χ3n) is 5.98. The zero-order chi connectivity index (χ0) is 28.3. The van der Waals surface area contributed by atoms with Crippen LogP contribution in [0.4, 0.5) is 0 Å². The minimum atomic E-state index is -1.36. The molecule has 0 aliphatic heterocycles. The molecule has 0 saturated carbocycles. The number of esters is 2. The fourth-order valence-corrected chi connectivity index (χ4v) is 3.98. The Morgan fingerprint density at radius 3 is 2.32 bits per heavy atom. The molecule has 38 heavy (non-hydrogen) atoms. The predicted octanol–water partition coefficient (Wildman–Crippen LogP) is 3.17. The summed E-state index contributed by atoms with van der Waals surface area (Å²) in [4.78, 5) is 48.9. The quantitative estimate of drug-likeness (QED) is 0.218. The summed E-state index contributed by atoms with van der Waals surface area (Å²) in [7, 11) is 0. The number of rotatable bonds is 12. The number of aliphatic carboxylic acids is 1. The van der Waals surface area contributed by atoms with E-state index in [1.165, 1.54) is 0 Å². The van der Waals surface area contributed by atoms with Crippen LogP contribution in [0.3, 0.4) is 0 Å². The van der Waals surface area contributed by atoms with E-state index in [-0.39, 0.29) is 18.3 Å². The molecule has 9 heteroatoms. The van der Waals surface area contributed by atoms with E-state index in [2.05, 4.69) is 11.4 Å². The van der Waals surface area contributed by atoms with Crippen molar-refractivity contribution in [2.75, 3.05) is 0 Å². The van der Waals surface area contributed by atoms with Gasteiger partial charge in [0.25, 0.3) is 0 Å². The van der Waals surface area contributed by atoms with Gasteiger partial charge in [0.2, 0.25) is 5.91 Å². The Bertz CT molecular complexity index is 1180. The van der Waals surface area contributed by atoms with Crippen LogP contribution in [0, 0.1) is 11.3 Å². The molecule has 2 aromatic carbocycles. The first-order valence-corrected chi connectivity index (χ1v) is 12.5. The van der Waals surface area contributed by atoms with Gasteiger partial charge < -0.3 is 20.9 Å². The number of unbranched alkanes of at least 4 members (excludes halogenated alkanes) is 1. The van der Waals surface area contributed by atoms with E-state index < -0.39 is 42.3 Å². The van der Waals surface area contributed by atoms with Crippen LogP contribution in [0.2, 0.25) is 0 Å². The van der Waals surface area contributed by atoms with Gasteiger partial charge in [-0.15, -0.1) is 0 Å². The van der Waals surface area contributed by atoms with Crippen LogP contribution in [0.5, 0.6) is 0 Å². The Kier molecular flexibility index (Phi) is 11.2. The Hall–Kier alpha value is -4.03. The van der Waals surface area contributed by atoms with Gasteiger partial charge in [-0.25, -0.2) is 4.79 Å². The average Bonchev–Trinajstić information content (AvgIpc) is 2.85. The van der Waals surface area contributed by atoms with Gasteiger partial charge in [-0.2, -0.15) is 5.26 Å². The number of nitrogens with two attached hydrogens (primary N) is 1. The summed E-state index contributed by atoms with van der Waals surface area (Å²) >= 11 is 0. The number of nitrogens with one attached hydrogen (secondary N) is 1. The molecule has 2 rings (SSSR count). The van der Waals surface area contributed by atoms with Gasteiger partial charge in [0, 0.05) is 12.8 Å². The van der Waals surface area contributed by atoms with Crippen molar-refractivity contribution in [3.63, 3.8) is 0 Å². The fraction of sp³-hybridized carbons (Fsp3) is 0.414. The van der Waals surface area contributed by atoms with Crippen LogP contribution in [-0.2, 0) is 42.2 Å². The third kappa shape index (κ3) is 9.79. The van der Waals surface area contributed by atoms with Gasteiger partial charge in [0.1, 0.15) is 6.04 Å². The average molecular weight is 522 g/mol. The number of ether oxygens (including phenoxy) is 1. The lowest BCUT2D eigenvalue weighted by molar-refractivity contribution is -0.162. The summed E-state index contributed by atoms with van der Waals surface area (Å²) < 4.78 is 5.07. The number of amides is 1. The minimum absolute atomic E-state index is 0.0137. The second-order valence-electron chi connectivity index (χ2n) is 10.2. The standard InChI is InChI=1S/C29H35N3O6/c1-29(2,3)22-10-6-5-9-21(22)16-24(32-27(36)23(31)17-25(33)34)28(37)38-26(35)11-7-4-8-19-12-14-20(18-30)15-13-19/h5-6,9-10,12-15,23-24H,4,7-8,11,16-17,31H2,1-3H3,(H,32,36)(H,33,34)/t23-,24-/m0/s1. The maximum absolute atomic E-state index is 13.0. The van der Waals surface area contributed by atoms with Crippen LogP contribution in [0.1, 0.15) is 68.7 Å². The summed E-state index contributed by atoms with van der Waals surface area (Å²) in [5.74, 6) is -3.71. The predicted molar refractivity (Wildman–Crippen MR) is 141 cm³/mol. The summed E-state index contributed by atoms with van der Waals surface area (Å²) in [6.45, 7) is 6.05. The Morgan fingerprint density at radius 1 is 1.05 bits per heavy atom. The second-order valence-corrected chi connectivity index (χ2v) is 10.2. The fourth-order valence-electron chi connectivity index (χ4n) is 3.98. The van der Waals surface area contributed by atoms with Crippen molar-refractivity contribution in [3.05, 3.63) is 70.8 Å². The monoisotopic (exact) mass is 521 g/mol. The first kappa shape index (κ1) is 30.2. The van der Waals surface area contributed by atoms with Gasteiger partial charge in [0.05, 0.1) is 24.1 Å². The summed E-state index contributed by atoms with van der Waals surface area (Å²) in [5, 5.41) is 20.3. The van der Waals surface area contributed by atoms with Gasteiger partial charge in [0.15, 0.2) is 0 Å². The molecule has 0 spiro atoms. The second kappa shape index (κ2) is 14.1. The highest BCUT2D eigenvalue weighted by Gasteiger charge is 2.29. The number of carboxylic acids is 1. The van der Waals surface area contributed by atoms with E-state index in [1.54, 1.807) is 12.1 Å². The summed E-state index contributed by atoms with van der Waals surface area (Å²) in [6.07, 6.45) is 1.32. The normalized spacial score (nSPS) is 12.6. The molecule has 0 saturated heterocycles. The number of nitriles is 1. The SMILES string of the molecule is CC(C)(C)c1ccccc1C[C@H](NC(=O)[C@@H](N)CC(=O)O)C(=O)OC(=O)CCCCc1ccc(C#N)cc1. The largest absolute Gasteiger partial charge is 0.481 e. The zero-order valence-corrected chi connectivity index (χ0v) is 22.0. The number of aryl methyl sites for hydroxylation is 1. The van der Waals surface area contributed by atoms with E-state index in [1.807, 2.05) is 57.2 Å². The van der Waals surface area contributed by atoms with Gasteiger partial charge in [-0.05, 0) is 53.5 Å². The maximum Gasteiger partial charge on any atom is 0.336 e. The Labute approximate surface area is 223 Å². The number of carbonyl (C=O) groups excluding carboxylic acids is 3. The van der Waals surface area contributed by atoms with E-state index in [0.717, 1.165) is 16.7 Å². The lowest BCUT2D eigenvalue weighted by atomic mass is 9.82. The number of hydrogen-bond acceptors (Lipinski definition) is 7. The number of benzene rings is 2. The van der Waals surface area contributed by atoms with E-state index in [4.69, 9.17) is 20.8 Å². The Balaban J connectivity index is 2.04. The lowest BCUT2D eigenvalue weighted by Crippen LogP contribution is -2.50. The molecule has 0 unspecified atom stereocenters. The number of carboxylic acid groups (broad SMARTS) is 1. The molecule has 0 aliphatic carbocycles. The number of carbonyl (C=O) groups is 4. The van der Waals surface area contributed by atoms with Crippen LogP contribution in [0.25, 0.3) is 0 Å². The molecule has 9 nitrogen and oxygen atoms in total. The van der Waals surface area contributed by atoms with Crippen LogP contribution < -0.4 is 11.1 Å². The van der Waals surface area contributed by atoms with Gasteiger partial charge in [-0.1, -0.05) is 57.2 Å². The number of hydrogen-bond donors (Lipinski definition) is 3. The van der Waals surface area contributed by atoms with Crippen LogP contribution in [-0.4, -0.2) is 41.0 Å². The molecule has 0 aliphatic rings. The topological polar surface area (TPSA) is 160 Å². The van der Waals surface area contributed by atoms with Crippen LogP contribution in [0.15, 0.2) is 48.5 Å². The van der Waals surface area contributed by atoms with Crippen LogP contribution >= 0.6 is 0 Å². The summed E-state index contributed by atoms with van der Waals surface area (Å²) in [6, 6.07) is 14.1. The molecule has 2 atom stereocenters. The molecule has 0 heterocycles. The molecular weight excluding hydrogens is 486 g/mol. The molecule has 1 amide bonds. The van der Waals surface area contributed by atoms with E-state index in [0.29, 0.717) is 24.8 Å². The van der Waals surface area contributed by atoms with Crippen molar-refractivity contribution >= 4 is 23.8 Å². The van der Waals surface area contributed by atoms with Crippen molar-refractivity contribution in [3.8, 4) is 6.07 Å². The summed E-state index contributed by atoms with van der Waals surface area (Å²) in [5.41, 5.74) is 8.77.